The van der Waals surface area contributed by atoms with Crippen molar-refractivity contribution in [1.82, 2.24) is 9.80 Å². The van der Waals surface area contributed by atoms with Gasteiger partial charge in [0, 0.05) is 38.4 Å². The van der Waals surface area contributed by atoms with Gasteiger partial charge in [0.05, 0.1) is 11.6 Å². The third-order valence-electron chi connectivity index (χ3n) is 3.25. The molecule has 0 radical (unpaired) electrons. The van der Waals surface area contributed by atoms with E-state index in [1.165, 1.54) is 18.2 Å². The van der Waals surface area contributed by atoms with Gasteiger partial charge in [-0.15, -0.1) is 0 Å². The molecule has 0 aliphatic carbocycles. The predicted molar refractivity (Wildman–Crippen MR) is 75.5 cm³/mol. The van der Waals surface area contributed by atoms with Gasteiger partial charge in [0.2, 0.25) is 0 Å². The topological polar surface area (TPSA) is 55.8 Å². The lowest BCUT2D eigenvalue weighted by Gasteiger charge is -2.34. The van der Waals surface area contributed by atoms with Crippen molar-refractivity contribution in [2.24, 2.45) is 0 Å². The number of halogens is 2. The number of aliphatic hydroxyl groups is 1. The van der Waals surface area contributed by atoms with Crippen LogP contribution in [-0.4, -0.2) is 60.3 Å². The number of hydrogen-bond acceptors (Lipinski definition) is 3. The molecule has 0 aromatic heterocycles. The van der Waals surface area contributed by atoms with Gasteiger partial charge >= 0.3 is 6.03 Å². The molecule has 2 N–H and O–H groups in total. The predicted octanol–water partition coefficient (Wildman–Crippen LogP) is 1.62. The fraction of sp³-hybridized carbons (Fsp3) is 0.462. The Balaban J connectivity index is 1.88. The Bertz CT molecular complexity index is 479. The van der Waals surface area contributed by atoms with Gasteiger partial charge in [-0.1, -0.05) is 11.6 Å². The van der Waals surface area contributed by atoms with Crippen LogP contribution in [0, 0.1) is 5.82 Å². The lowest BCUT2D eigenvalue weighted by molar-refractivity contribution is 0.127. The number of rotatable bonds is 3. The highest BCUT2D eigenvalue weighted by atomic mass is 35.5. The Morgan fingerprint density at radius 2 is 2.05 bits per heavy atom. The van der Waals surface area contributed by atoms with Crippen LogP contribution in [0.2, 0.25) is 5.02 Å². The van der Waals surface area contributed by atoms with Crippen LogP contribution in [0.15, 0.2) is 18.2 Å². The van der Waals surface area contributed by atoms with E-state index in [9.17, 15) is 9.18 Å². The Hall–Kier alpha value is -1.37. The summed E-state index contributed by atoms with van der Waals surface area (Å²) in [6.07, 6.45) is 0. The number of nitrogens with zero attached hydrogens (tertiary/aromatic N) is 2. The van der Waals surface area contributed by atoms with E-state index in [4.69, 9.17) is 16.7 Å². The minimum Gasteiger partial charge on any atom is -0.395 e. The molecule has 1 aromatic carbocycles. The first kappa shape index (κ1) is 15.0. The van der Waals surface area contributed by atoms with Gasteiger partial charge in [-0.2, -0.15) is 0 Å². The molecule has 0 bridgehead atoms. The maximum atomic E-state index is 13.0. The second-order valence-corrected chi connectivity index (χ2v) is 5.02. The lowest BCUT2D eigenvalue weighted by Crippen LogP contribution is -2.50. The number of amides is 2. The smallest absolute Gasteiger partial charge is 0.321 e. The molecule has 5 nitrogen and oxygen atoms in total. The number of β-amino-alcohol motifs (C(OH)–C–C–N with tert-alkyl or cyclic N) is 1. The van der Waals surface area contributed by atoms with Crippen LogP contribution in [-0.2, 0) is 0 Å². The zero-order valence-corrected chi connectivity index (χ0v) is 11.7. The van der Waals surface area contributed by atoms with Gasteiger partial charge < -0.3 is 15.3 Å². The highest BCUT2D eigenvalue weighted by Gasteiger charge is 2.20. The van der Waals surface area contributed by atoms with Crippen molar-refractivity contribution in [2.45, 2.75) is 0 Å². The fourth-order valence-corrected chi connectivity index (χ4v) is 2.27. The van der Waals surface area contributed by atoms with Gasteiger partial charge in [-0.3, -0.25) is 4.90 Å². The molecule has 2 rings (SSSR count). The Morgan fingerprint density at radius 1 is 1.35 bits per heavy atom. The summed E-state index contributed by atoms with van der Waals surface area (Å²) in [6.45, 7) is 3.42. The fourth-order valence-electron chi connectivity index (χ4n) is 2.09. The van der Waals surface area contributed by atoms with E-state index in [2.05, 4.69) is 10.2 Å². The van der Waals surface area contributed by atoms with Crippen molar-refractivity contribution in [2.75, 3.05) is 44.6 Å². The number of urea groups is 1. The average molecular weight is 302 g/mol. The zero-order chi connectivity index (χ0) is 14.5. The number of piperazine rings is 1. The third kappa shape index (κ3) is 3.82. The zero-order valence-electron chi connectivity index (χ0n) is 11.0. The summed E-state index contributed by atoms with van der Waals surface area (Å²) >= 11 is 5.67. The number of nitrogens with one attached hydrogen (secondary N) is 1. The molecular weight excluding hydrogens is 285 g/mol. The maximum absolute atomic E-state index is 13.0. The van der Waals surface area contributed by atoms with Gasteiger partial charge in [-0.05, 0) is 18.2 Å². The summed E-state index contributed by atoms with van der Waals surface area (Å²) in [5.41, 5.74) is 0.471. The van der Waals surface area contributed by atoms with E-state index < -0.39 is 5.82 Å². The van der Waals surface area contributed by atoms with Gasteiger partial charge in [0.1, 0.15) is 5.82 Å². The van der Waals surface area contributed by atoms with Crippen LogP contribution in [0.1, 0.15) is 0 Å². The van der Waals surface area contributed by atoms with E-state index >= 15 is 0 Å². The van der Waals surface area contributed by atoms with Crippen molar-refractivity contribution in [3.8, 4) is 0 Å². The van der Waals surface area contributed by atoms with Crippen LogP contribution >= 0.6 is 11.6 Å². The van der Waals surface area contributed by atoms with E-state index in [0.717, 1.165) is 13.1 Å². The van der Waals surface area contributed by atoms with Crippen molar-refractivity contribution in [3.05, 3.63) is 29.0 Å². The average Bonchev–Trinajstić information content (AvgIpc) is 2.44. The number of aliphatic hydroxyl groups excluding tert-OH is 1. The second kappa shape index (κ2) is 6.88. The molecule has 2 amide bonds. The SMILES string of the molecule is O=C(Nc1ccc(F)c(Cl)c1)N1CCN(CCO)CC1. The third-order valence-corrected chi connectivity index (χ3v) is 3.54. The maximum Gasteiger partial charge on any atom is 0.321 e. The van der Waals surface area contributed by atoms with Crippen LogP contribution in [0.3, 0.4) is 0 Å². The molecule has 1 aromatic rings. The van der Waals surface area contributed by atoms with Crippen molar-refractivity contribution in [1.29, 1.82) is 0 Å². The summed E-state index contributed by atoms with van der Waals surface area (Å²) in [6, 6.07) is 3.85. The van der Waals surface area contributed by atoms with E-state index in [-0.39, 0.29) is 17.7 Å². The minimum absolute atomic E-state index is 0.0180. The standard InChI is InChI=1S/C13H17ClFN3O2/c14-11-9-10(1-2-12(11)15)16-13(20)18-5-3-17(4-6-18)7-8-19/h1-2,9,19H,3-8H2,(H,16,20). The molecular formula is C13H17ClFN3O2. The Labute approximate surface area is 121 Å². The molecule has 0 spiro atoms. The van der Waals surface area contributed by atoms with Crippen LogP contribution < -0.4 is 5.32 Å². The molecule has 20 heavy (non-hydrogen) atoms. The summed E-state index contributed by atoms with van der Waals surface area (Å²) < 4.78 is 13.0. The molecule has 110 valence electrons. The molecule has 1 saturated heterocycles. The largest absolute Gasteiger partial charge is 0.395 e. The first-order valence-electron chi connectivity index (χ1n) is 6.44. The molecule has 1 heterocycles. The molecule has 0 saturated carbocycles. The van der Waals surface area contributed by atoms with E-state index in [0.29, 0.717) is 25.3 Å². The Kier molecular flexibility index (Phi) is 5.17. The minimum atomic E-state index is -0.512. The van der Waals surface area contributed by atoms with Crippen LogP contribution in [0.5, 0.6) is 0 Å². The molecule has 7 heteroatoms. The van der Waals surface area contributed by atoms with Crippen LogP contribution in [0.25, 0.3) is 0 Å². The first-order chi connectivity index (χ1) is 9.60. The number of carbonyl (C=O) groups excluding carboxylic acids is 1. The van der Waals surface area contributed by atoms with Gasteiger partial charge in [0.15, 0.2) is 0 Å². The molecule has 1 aliphatic heterocycles. The second-order valence-electron chi connectivity index (χ2n) is 4.61. The quantitative estimate of drug-likeness (QED) is 0.892. The van der Waals surface area contributed by atoms with Crippen molar-refractivity contribution >= 4 is 23.3 Å². The molecule has 0 atom stereocenters. The number of carbonyl (C=O) groups is 1. The van der Waals surface area contributed by atoms with Crippen LogP contribution in [0.4, 0.5) is 14.9 Å². The Morgan fingerprint density at radius 3 is 2.65 bits per heavy atom. The monoisotopic (exact) mass is 301 g/mol. The first-order valence-corrected chi connectivity index (χ1v) is 6.82. The number of hydrogen-bond donors (Lipinski definition) is 2. The number of benzene rings is 1. The van der Waals surface area contributed by atoms with Crippen molar-refractivity contribution in [3.63, 3.8) is 0 Å². The summed E-state index contributed by atoms with van der Waals surface area (Å²) in [4.78, 5) is 15.8. The summed E-state index contributed by atoms with van der Waals surface area (Å²) in [5.74, 6) is -0.512. The highest BCUT2D eigenvalue weighted by Crippen LogP contribution is 2.19. The molecule has 1 aliphatic rings. The normalized spacial score (nSPS) is 16.2. The summed E-state index contributed by atoms with van der Waals surface area (Å²) in [7, 11) is 0. The van der Waals surface area contributed by atoms with E-state index in [1.807, 2.05) is 0 Å². The molecule has 1 fully saturated rings. The number of anilines is 1. The highest BCUT2D eigenvalue weighted by molar-refractivity contribution is 6.31. The van der Waals surface area contributed by atoms with Crippen molar-refractivity contribution < 1.29 is 14.3 Å². The molecule has 0 unspecified atom stereocenters. The summed E-state index contributed by atoms with van der Waals surface area (Å²) in [5, 5.41) is 11.5. The van der Waals surface area contributed by atoms with Gasteiger partial charge in [0.25, 0.3) is 0 Å². The van der Waals surface area contributed by atoms with Gasteiger partial charge in [-0.25, -0.2) is 9.18 Å². The lowest BCUT2D eigenvalue weighted by atomic mass is 10.3. The van der Waals surface area contributed by atoms with E-state index in [1.54, 1.807) is 4.90 Å².